The van der Waals surface area contributed by atoms with Gasteiger partial charge in [-0.3, -0.25) is 4.90 Å². The Labute approximate surface area is 156 Å². The van der Waals surface area contributed by atoms with Crippen LogP contribution < -0.4 is 4.74 Å². The zero-order valence-corrected chi connectivity index (χ0v) is 15.4. The molecule has 0 aromatic heterocycles. The Kier molecular flexibility index (Phi) is 5.28. The van der Waals surface area contributed by atoms with Crippen LogP contribution in [0.5, 0.6) is 5.75 Å². The number of hydrogen-bond donors (Lipinski definition) is 1. The average molecular weight is 351 g/mol. The Morgan fingerprint density at radius 3 is 2.19 bits per heavy atom. The number of benzene rings is 2. The molecule has 2 aliphatic heterocycles. The molecule has 2 fully saturated rings. The van der Waals surface area contributed by atoms with E-state index in [1.165, 1.54) is 18.4 Å². The molecular weight excluding hydrogens is 322 g/mol. The molecule has 4 rings (SSSR count). The molecule has 26 heavy (non-hydrogen) atoms. The van der Waals surface area contributed by atoms with Crippen LogP contribution in [0.25, 0.3) is 0 Å². The molecule has 2 heterocycles. The Bertz CT molecular complexity index is 674. The molecule has 2 unspecified atom stereocenters. The van der Waals surface area contributed by atoms with Crippen molar-refractivity contribution in [3.8, 4) is 5.75 Å². The minimum atomic E-state index is -0.515. The Hall–Kier alpha value is -1.84. The fraction of sp³-hybridized carbons (Fsp3) is 0.478. The fourth-order valence-corrected chi connectivity index (χ4v) is 4.78. The van der Waals surface area contributed by atoms with E-state index in [1.54, 1.807) is 0 Å². The van der Waals surface area contributed by atoms with Crippen molar-refractivity contribution in [2.24, 2.45) is 0 Å². The minimum Gasteiger partial charge on any atom is -0.494 e. The number of ether oxygens (including phenoxy) is 1. The van der Waals surface area contributed by atoms with Crippen molar-refractivity contribution in [3.05, 3.63) is 66.2 Å². The number of aliphatic hydroxyl groups is 1. The lowest BCUT2D eigenvalue weighted by molar-refractivity contribution is -0.0621. The van der Waals surface area contributed by atoms with Crippen molar-refractivity contribution in [1.29, 1.82) is 0 Å². The third-order valence-electron chi connectivity index (χ3n) is 6.01. The molecule has 3 heteroatoms. The monoisotopic (exact) mass is 351 g/mol. The van der Waals surface area contributed by atoms with E-state index in [0.29, 0.717) is 18.7 Å². The number of hydrogen-bond acceptors (Lipinski definition) is 3. The van der Waals surface area contributed by atoms with E-state index >= 15 is 0 Å². The van der Waals surface area contributed by atoms with Gasteiger partial charge in [-0.05, 0) is 56.2 Å². The van der Waals surface area contributed by atoms with Crippen LogP contribution >= 0.6 is 0 Å². The summed E-state index contributed by atoms with van der Waals surface area (Å²) in [6, 6.07) is 21.7. The van der Waals surface area contributed by atoms with Gasteiger partial charge < -0.3 is 9.84 Å². The van der Waals surface area contributed by atoms with Crippen LogP contribution in [0.3, 0.4) is 0 Å². The first-order valence-electron chi connectivity index (χ1n) is 9.92. The first-order chi connectivity index (χ1) is 12.7. The molecule has 138 valence electrons. The van der Waals surface area contributed by atoms with Crippen molar-refractivity contribution in [2.45, 2.75) is 62.8 Å². The quantitative estimate of drug-likeness (QED) is 0.750. The highest BCUT2D eigenvalue weighted by molar-refractivity contribution is 5.21. The number of nitrogens with zero attached hydrogens (tertiary/aromatic N) is 1. The highest BCUT2D eigenvalue weighted by atomic mass is 16.5. The van der Waals surface area contributed by atoms with Crippen LogP contribution in [-0.4, -0.2) is 34.3 Å². The maximum atomic E-state index is 11.2. The summed E-state index contributed by atoms with van der Waals surface area (Å²) in [5, 5.41) is 11.2. The smallest absolute Gasteiger partial charge is 0.119 e. The van der Waals surface area contributed by atoms with E-state index in [0.717, 1.165) is 38.0 Å². The van der Waals surface area contributed by atoms with Gasteiger partial charge in [-0.15, -0.1) is 0 Å². The number of fused-ring (bicyclic) bond motifs is 2. The summed E-state index contributed by atoms with van der Waals surface area (Å²) in [5.41, 5.74) is 0.866. The summed E-state index contributed by atoms with van der Waals surface area (Å²) in [7, 11) is 0. The molecule has 0 saturated carbocycles. The highest BCUT2D eigenvalue weighted by Gasteiger charge is 2.46. The SMILES string of the molecule is OC1(CCCOc2ccccc2)CC2CCC(C1)N2Cc1ccccc1. The first-order valence-corrected chi connectivity index (χ1v) is 9.92. The van der Waals surface area contributed by atoms with Crippen molar-refractivity contribution in [2.75, 3.05) is 6.61 Å². The van der Waals surface area contributed by atoms with E-state index in [4.69, 9.17) is 4.74 Å². The second-order valence-electron chi connectivity index (χ2n) is 7.94. The van der Waals surface area contributed by atoms with Crippen LogP contribution in [0.15, 0.2) is 60.7 Å². The largest absolute Gasteiger partial charge is 0.494 e. The van der Waals surface area contributed by atoms with Gasteiger partial charge in [-0.25, -0.2) is 0 Å². The van der Waals surface area contributed by atoms with Gasteiger partial charge in [0.2, 0.25) is 0 Å². The molecule has 0 aliphatic carbocycles. The molecule has 2 atom stereocenters. The Morgan fingerprint density at radius 1 is 0.923 bits per heavy atom. The molecule has 2 aromatic carbocycles. The lowest BCUT2D eigenvalue weighted by Crippen LogP contribution is -2.50. The second-order valence-corrected chi connectivity index (χ2v) is 7.94. The normalized spacial score (nSPS) is 28.2. The van der Waals surface area contributed by atoms with E-state index < -0.39 is 5.60 Å². The molecule has 3 nitrogen and oxygen atoms in total. The van der Waals surface area contributed by atoms with E-state index in [2.05, 4.69) is 35.2 Å². The number of para-hydroxylation sites is 1. The Morgan fingerprint density at radius 2 is 1.54 bits per heavy atom. The summed E-state index contributed by atoms with van der Waals surface area (Å²) in [6.07, 6.45) is 6.00. The Balaban J connectivity index is 1.28. The summed E-state index contributed by atoms with van der Waals surface area (Å²) in [4.78, 5) is 2.63. The van der Waals surface area contributed by atoms with Crippen LogP contribution in [-0.2, 0) is 6.54 Å². The van der Waals surface area contributed by atoms with Gasteiger partial charge in [-0.2, -0.15) is 0 Å². The maximum absolute atomic E-state index is 11.2. The van der Waals surface area contributed by atoms with Crippen molar-refractivity contribution < 1.29 is 9.84 Å². The lowest BCUT2D eigenvalue weighted by atomic mass is 9.82. The zero-order valence-electron chi connectivity index (χ0n) is 15.4. The van der Waals surface area contributed by atoms with Gasteiger partial charge in [-0.1, -0.05) is 48.5 Å². The minimum absolute atomic E-state index is 0.515. The molecule has 2 aromatic rings. The van der Waals surface area contributed by atoms with Gasteiger partial charge in [0.15, 0.2) is 0 Å². The number of piperidine rings is 1. The van der Waals surface area contributed by atoms with Crippen LogP contribution in [0.1, 0.15) is 44.1 Å². The van der Waals surface area contributed by atoms with Crippen LogP contribution in [0, 0.1) is 0 Å². The summed E-state index contributed by atoms with van der Waals surface area (Å²) < 4.78 is 5.79. The van der Waals surface area contributed by atoms with E-state index in [9.17, 15) is 5.11 Å². The van der Waals surface area contributed by atoms with Crippen molar-refractivity contribution in [1.82, 2.24) is 4.90 Å². The zero-order chi connectivity index (χ0) is 17.8. The third kappa shape index (κ3) is 4.11. The van der Waals surface area contributed by atoms with Crippen LogP contribution in [0.2, 0.25) is 0 Å². The molecule has 2 aliphatic rings. The molecule has 2 saturated heterocycles. The first kappa shape index (κ1) is 17.6. The predicted octanol–water partition coefficient (Wildman–Crippen LogP) is 4.40. The molecule has 2 bridgehead atoms. The fourth-order valence-electron chi connectivity index (χ4n) is 4.78. The maximum Gasteiger partial charge on any atom is 0.119 e. The van der Waals surface area contributed by atoms with E-state index in [1.807, 2.05) is 30.3 Å². The summed E-state index contributed by atoms with van der Waals surface area (Å²) in [5.74, 6) is 0.914. The lowest BCUT2D eigenvalue weighted by Gasteiger charge is -2.44. The van der Waals surface area contributed by atoms with Gasteiger partial charge >= 0.3 is 0 Å². The summed E-state index contributed by atoms with van der Waals surface area (Å²) in [6.45, 7) is 1.69. The van der Waals surface area contributed by atoms with Crippen molar-refractivity contribution in [3.63, 3.8) is 0 Å². The predicted molar refractivity (Wildman–Crippen MR) is 104 cm³/mol. The van der Waals surface area contributed by atoms with E-state index in [-0.39, 0.29) is 0 Å². The van der Waals surface area contributed by atoms with Gasteiger partial charge in [0.25, 0.3) is 0 Å². The molecule has 1 N–H and O–H groups in total. The van der Waals surface area contributed by atoms with Gasteiger partial charge in [0, 0.05) is 18.6 Å². The third-order valence-corrected chi connectivity index (χ3v) is 6.01. The second kappa shape index (κ2) is 7.81. The van der Waals surface area contributed by atoms with Crippen LogP contribution in [0.4, 0.5) is 0 Å². The standard InChI is InChI=1S/C23H29NO2/c25-23(14-7-15-26-22-10-5-2-6-11-22)16-20-12-13-21(17-23)24(20)18-19-8-3-1-4-9-19/h1-6,8-11,20-21,25H,7,12-18H2. The molecule has 0 radical (unpaired) electrons. The number of rotatable bonds is 7. The molecule has 0 spiro atoms. The van der Waals surface area contributed by atoms with Gasteiger partial charge in [0.05, 0.1) is 12.2 Å². The summed E-state index contributed by atoms with van der Waals surface area (Å²) >= 11 is 0. The topological polar surface area (TPSA) is 32.7 Å². The molecular formula is C23H29NO2. The van der Waals surface area contributed by atoms with Crippen molar-refractivity contribution >= 4 is 0 Å². The van der Waals surface area contributed by atoms with Gasteiger partial charge in [0.1, 0.15) is 5.75 Å². The highest BCUT2D eigenvalue weighted by Crippen LogP contribution is 2.43. The average Bonchev–Trinajstić information content (AvgIpc) is 2.91. The molecule has 0 amide bonds.